The number of imidazole rings is 1. The second kappa shape index (κ2) is 7.83. The van der Waals surface area contributed by atoms with Gasteiger partial charge in [-0.2, -0.15) is 10.4 Å². The highest BCUT2D eigenvalue weighted by Crippen LogP contribution is 2.31. The van der Waals surface area contributed by atoms with E-state index >= 15 is 0 Å². The number of ketones is 1. The molecular formula is C24H24N8O. The zero-order chi connectivity index (χ0) is 23.3. The van der Waals surface area contributed by atoms with Crippen LogP contribution in [0.2, 0.25) is 0 Å². The van der Waals surface area contributed by atoms with Gasteiger partial charge in [-0.25, -0.2) is 9.97 Å². The summed E-state index contributed by atoms with van der Waals surface area (Å²) in [6.07, 6.45) is 0.934. The van der Waals surface area contributed by atoms with Crippen molar-refractivity contribution in [2.45, 2.75) is 26.3 Å². The van der Waals surface area contributed by atoms with Gasteiger partial charge in [0.05, 0.1) is 17.3 Å². The standard InChI is InChI=1S/C24H24N8O/c1-13-21(14(2)31(3)30-13)18-10-15(4-5-16(18)11-25)22(33)24-27-19-6-7-20(28-23(19)29-24)32-9-8-17(26)12-32/h4-7,10,17H,8-9,12,26H2,1-3H3,(H,27,28,29). The Balaban J connectivity index is 1.52. The highest BCUT2D eigenvalue weighted by Gasteiger charge is 2.23. The minimum Gasteiger partial charge on any atom is -0.355 e. The summed E-state index contributed by atoms with van der Waals surface area (Å²) in [5.74, 6) is 0.770. The van der Waals surface area contributed by atoms with Crippen molar-refractivity contribution in [3.8, 4) is 17.2 Å². The lowest BCUT2D eigenvalue weighted by molar-refractivity contribution is 0.103. The Kier molecular flexibility index (Phi) is 4.95. The molecule has 1 fully saturated rings. The van der Waals surface area contributed by atoms with E-state index in [9.17, 15) is 10.1 Å². The van der Waals surface area contributed by atoms with Gasteiger partial charge in [-0.3, -0.25) is 9.48 Å². The van der Waals surface area contributed by atoms with Crippen LogP contribution < -0.4 is 10.6 Å². The van der Waals surface area contributed by atoms with E-state index < -0.39 is 0 Å². The number of carbonyl (C=O) groups is 1. The molecular weight excluding hydrogens is 416 g/mol. The minimum absolute atomic E-state index is 0.152. The maximum absolute atomic E-state index is 13.3. The monoisotopic (exact) mass is 440 g/mol. The van der Waals surface area contributed by atoms with Gasteiger partial charge in [0.25, 0.3) is 0 Å². The molecule has 0 radical (unpaired) electrons. The van der Waals surface area contributed by atoms with Crippen molar-refractivity contribution in [3.05, 3.63) is 58.7 Å². The number of carbonyl (C=O) groups excluding carboxylic acids is 1. The highest BCUT2D eigenvalue weighted by atomic mass is 16.1. The van der Waals surface area contributed by atoms with Gasteiger partial charge in [0.2, 0.25) is 5.78 Å². The molecule has 9 nitrogen and oxygen atoms in total. The van der Waals surface area contributed by atoms with Crippen LogP contribution in [0.3, 0.4) is 0 Å². The third kappa shape index (κ3) is 3.54. The maximum atomic E-state index is 13.3. The number of anilines is 1. The Morgan fingerprint density at radius 1 is 1.24 bits per heavy atom. The molecule has 0 amide bonds. The number of H-pyrrole nitrogens is 1. The first-order chi connectivity index (χ1) is 15.9. The summed E-state index contributed by atoms with van der Waals surface area (Å²) in [4.78, 5) is 27.6. The van der Waals surface area contributed by atoms with Crippen molar-refractivity contribution in [1.29, 1.82) is 5.26 Å². The number of hydrogen-bond acceptors (Lipinski definition) is 7. The summed E-state index contributed by atoms with van der Waals surface area (Å²) in [5.41, 5.74) is 11.4. The first-order valence-electron chi connectivity index (χ1n) is 10.8. The van der Waals surface area contributed by atoms with Crippen molar-refractivity contribution >= 4 is 22.8 Å². The molecule has 3 aromatic heterocycles. The number of rotatable bonds is 4. The van der Waals surface area contributed by atoms with E-state index in [1.54, 1.807) is 22.9 Å². The van der Waals surface area contributed by atoms with E-state index in [1.165, 1.54) is 0 Å². The van der Waals surface area contributed by atoms with E-state index in [-0.39, 0.29) is 17.6 Å². The lowest BCUT2D eigenvalue weighted by atomic mass is 9.95. The van der Waals surface area contributed by atoms with Crippen LogP contribution in [0.25, 0.3) is 22.3 Å². The SMILES string of the molecule is Cc1nn(C)c(C)c1-c1cc(C(=O)c2nc3ccc(N4CCC(N)C4)nc3[nH]2)ccc1C#N. The Hall–Kier alpha value is -4.03. The number of aromatic nitrogens is 5. The first-order valence-corrected chi connectivity index (χ1v) is 10.8. The van der Waals surface area contributed by atoms with Crippen LogP contribution in [0, 0.1) is 25.2 Å². The summed E-state index contributed by atoms with van der Waals surface area (Å²) in [5, 5.41) is 14.1. The zero-order valence-corrected chi connectivity index (χ0v) is 18.8. The summed E-state index contributed by atoms with van der Waals surface area (Å²) in [7, 11) is 1.86. The van der Waals surface area contributed by atoms with Crippen LogP contribution in [-0.4, -0.2) is 49.6 Å². The number of aryl methyl sites for hydroxylation is 2. The molecule has 0 spiro atoms. The normalized spacial score (nSPS) is 15.8. The number of nitrogens with zero attached hydrogens (tertiary/aromatic N) is 6. The smallest absolute Gasteiger partial charge is 0.228 e. The number of pyridine rings is 1. The van der Waals surface area contributed by atoms with Crippen LogP contribution in [0.1, 0.15) is 39.6 Å². The van der Waals surface area contributed by atoms with Crippen molar-refractivity contribution < 1.29 is 4.79 Å². The molecule has 1 aliphatic rings. The largest absolute Gasteiger partial charge is 0.355 e. The van der Waals surface area contributed by atoms with Crippen molar-refractivity contribution in [2.24, 2.45) is 12.8 Å². The van der Waals surface area contributed by atoms with Gasteiger partial charge in [0.1, 0.15) is 11.3 Å². The third-order valence-corrected chi connectivity index (χ3v) is 6.27. The number of nitrogens with one attached hydrogen (secondary N) is 1. The van der Waals surface area contributed by atoms with E-state index in [0.717, 1.165) is 42.3 Å². The molecule has 5 rings (SSSR count). The summed E-state index contributed by atoms with van der Waals surface area (Å²) in [6.45, 7) is 5.47. The second-order valence-electron chi connectivity index (χ2n) is 8.49. The Bertz CT molecular complexity index is 1440. The summed E-state index contributed by atoms with van der Waals surface area (Å²) >= 11 is 0. The van der Waals surface area contributed by atoms with Crippen LogP contribution in [0.5, 0.6) is 0 Å². The molecule has 1 saturated heterocycles. The lowest BCUT2D eigenvalue weighted by Crippen LogP contribution is -2.26. The number of fused-ring (bicyclic) bond motifs is 1. The third-order valence-electron chi connectivity index (χ3n) is 6.27. The van der Waals surface area contributed by atoms with Gasteiger partial charge in [0, 0.05) is 48.6 Å². The van der Waals surface area contributed by atoms with Gasteiger partial charge in [0.15, 0.2) is 11.5 Å². The zero-order valence-electron chi connectivity index (χ0n) is 18.8. The topological polar surface area (TPSA) is 130 Å². The van der Waals surface area contributed by atoms with Gasteiger partial charge in [-0.15, -0.1) is 0 Å². The highest BCUT2D eigenvalue weighted by molar-refractivity contribution is 6.08. The number of hydrogen-bond donors (Lipinski definition) is 2. The Morgan fingerprint density at radius 3 is 2.73 bits per heavy atom. The van der Waals surface area contributed by atoms with Gasteiger partial charge >= 0.3 is 0 Å². The fourth-order valence-electron chi connectivity index (χ4n) is 4.45. The fraction of sp³-hybridized carbons (Fsp3) is 0.292. The van der Waals surface area contributed by atoms with E-state index in [4.69, 9.17) is 5.73 Å². The molecule has 0 aliphatic carbocycles. The maximum Gasteiger partial charge on any atom is 0.228 e. The summed E-state index contributed by atoms with van der Waals surface area (Å²) in [6, 6.07) is 11.2. The molecule has 0 bridgehead atoms. The number of aromatic amines is 1. The van der Waals surface area contributed by atoms with Crippen LogP contribution in [0.15, 0.2) is 30.3 Å². The predicted octanol–water partition coefficient (Wildman–Crippen LogP) is 2.62. The van der Waals surface area contributed by atoms with Crippen molar-refractivity contribution in [2.75, 3.05) is 18.0 Å². The quantitative estimate of drug-likeness (QED) is 0.467. The molecule has 0 saturated carbocycles. The molecule has 1 aliphatic heterocycles. The molecule has 1 aromatic carbocycles. The second-order valence-corrected chi connectivity index (χ2v) is 8.49. The first kappa shape index (κ1) is 20.8. The van der Waals surface area contributed by atoms with Crippen molar-refractivity contribution in [3.63, 3.8) is 0 Å². The fourth-order valence-corrected chi connectivity index (χ4v) is 4.45. The van der Waals surface area contributed by atoms with E-state index in [2.05, 4.69) is 31.0 Å². The molecule has 9 heteroatoms. The van der Waals surface area contributed by atoms with E-state index in [1.807, 2.05) is 33.0 Å². The number of benzene rings is 1. The summed E-state index contributed by atoms with van der Waals surface area (Å²) < 4.78 is 1.77. The molecule has 1 atom stereocenters. The Labute approximate surface area is 190 Å². The molecule has 4 heterocycles. The molecule has 1 unspecified atom stereocenters. The molecule has 166 valence electrons. The van der Waals surface area contributed by atoms with Crippen molar-refractivity contribution in [1.82, 2.24) is 24.7 Å². The van der Waals surface area contributed by atoms with Gasteiger partial charge in [-0.1, -0.05) is 0 Å². The van der Waals surface area contributed by atoms with E-state index in [0.29, 0.717) is 27.9 Å². The minimum atomic E-state index is -0.261. The van der Waals surface area contributed by atoms with Crippen LogP contribution in [-0.2, 0) is 7.05 Å². The Morgan fingerprint density at radius 2 is 2.06 bits per heavy atom. The number of nitriles is 1. The average molecular weight is 441 g/mol. The molecule has 4 aromatic rings. The molecule has 33 heavy (non-hydrogen) atoms. The van der Waals surface area contributed by atoms with Crippen LogP contribution >= 0.6 is 0 Å². The van der Waals surface area contributed by atoms with Gasteiger partial charge < -0.3 is 15.6 Å². The predicted molar refractivity (Wildman–Crippen MR) is 125 cm³/mol. The number of nitrogens with two attached hydrogens (primary N) is 1. The van der Waals surface area contributed by atoms with Crippen LogP contribution in [0.4, 0.5) is 5.82 Å². The average Bonchev–Trinajstić information content (AvgIpc) is 3.49. The molecule has 3 N–H and O–H groups in total. The lowest BCUT2D eigenvalue weighted by Gasteiger charge is -2.16. The van der Waals surface area contributed by atoms with Gasteiger partial charge in [-0.05, 0) is 50.6 Å².